The highest BCUT2D eigenvalue weighted by Gasteiger charge is 2.21. The van der Waals surface area contributed by atoms with Crippen molar-refractivity contribution in [3.05, 3.63) is 15.8 Å². The monoisotopic (exact) mass is 318 g/mol. The van der Waals surface area contributed by atoms with E-state index in [1.807, 2.05) is 13.8 Å². The van der Waals surface area contributed by atoms with Gasteiger partial charge in [0.25, 0.3) is 0 Å². The summed E-state index contributed by atoms with van der Waals surface area (Å²) in [6.07, 6.45) is 5.51. The summed E-state index contributed by atoms with van der Waals surface area (Å²) in [6.45, 7) is 6.30. The fraction of sp³-hybridized carbons (Fsp3) is 0.714. The molecule has 0 fully saturated rings. The highest BCUT2D eigenvalue weighted by Crippen LogP contribution is 2.25. The van der Waals surface area contributed by atoms with Crippen LogP contribution in [0.1, 0.15) is 55.7 Å². The molecule has 20 heavy (non-hydrogen) atoms. The molecule has 4 nitrogen and oxygen atoms in total. The minimum atomic E-state index is -3.42. The van der Waals surface area contributed by atoms with Crippen LogP contribution in [0.2, 0.25) is 0 Å². The zero-order chi connectivity index (χ0) is 15.2. The molecule has 1 heterocycles. The van der Waals surface area contributed by atoms with Crippen LogP contribution >= 0.6 is 11.3 Å². The van der Waals surface area contributed by atoms with Crippen molar-refractivity contribution in [2.24, 2.45) is 5.73 Å². The second-order valence-corrected chi connectivity index (χ2v) is 8.23. The first-order valence-electron chi connectivity index (χ1n) is 7.22. The number of hydrogen-bond donors (Lipinski definition) is 2. The largest absolute Gasteiger partial charge is 0.326 e. The molecule has 6 heteroatoms. The van der Waals surface area contributed by atoms with Crippen LogP contribution in [0.4, 0.5) is 0 Å². The summed E-state index contributed by atoms with van der Waals surface area (Å²) in [5.41, 5.74) is 5.57. The maximum Gasteiger partial charge on any atom is 0.241 e. The van der Waals surface area contributed by atoms with Gasteiger partial charge in [-0.25, -0.2) is 13.1 Å². The van der Waals surface area contributed by atoms with E-state index in [0.29, 0.717) is 11.4 Å². The summed E-state index contributed by atoms with van der Waals surface area (Å²) in [4.78, 5) is 2.08. The standard InChI is InChI=1S/C14H26N2O2S2/c1-4-5-6-7-8-11(2)16-20(17,18)14-9-13(10-15)19-12(14)3/h9,11,16H,4-8,10,15H2,1-3H3. The van der Waals surface area contributed by atoms with Crippen molar-refractivity contribution in [2.75, 3.05) is 0 Å². The zero-order valence-electron chi connectivity index (χ0n) is 12.6. The van der Waals surface area contributed by atoms with Crippen LogP contribution in [-0.4, -0.2) is 14.5 Å². The Labute approximate surface area is 126 Å². The van der Waals surface area contributed by atoms with E-state index in [4.69, 9.17) is 5.73 Å². The molecule has 1 aromatic heterocycles. The quantitative estimate of drug-likeness (QED) is 0.687. The molecule has 116 valence electrons. The molecule has 1 atom stereocenters. The van der Waals surface area contributed by atoms with Gasteiger partial charge in [0.1, 0.15) is 0 Å². The van der Waals surface area contributed by atoms with Crippen LogP contribution in [0.5, 0.6) is 0 Å². The van der Waals surface area contributed by atoms with Crippen molar-refractivity contribution in [3.8, 4) is 0 Å². The van der Waals surface area contributed by atoms with E-state index in [9.17, 15) is 8.42 Å². The van der Waals surface area contributed by atoms with E-state index in [1.54, 1.807) is 6.07 Å². The molecule has 0 radical (unpaired) electrons. The minimum Gasteiger partial charge on any atom is -0.326 e. The van der Waals surface area contributed by atoms with Gasteiger partial charge < -0.3 is 5.73 Å². The molecule has 1 unspecified atom stereocenters. The average Bonchev–Trinajstić information content (AvgIpc) is 2.76. The van der Waals surface area contributed by atoms with E-state index in [2.05, 4.69) is 11.6 Å². The number of rotatable bonds is 9. The van der Waals surface area contributed by atoms with Gasteiger partial charge in [-0.3, -0.25) is 0 Å². The SMILES string of the molecule is CCCCCCC(C)NS(=O)(=O)c1cc(CN)sc1C. The molecule has 0 bridgehead atoms. The van der Waals surface area contributed by atoms with E-state index < -0.39 is 10.0 Å². The third-order valence-corrected chi connectivity index (χ3v) is 6.18. The Morgan fingerprint density at radius 2 is 2.05 bits per heavy atom. The number of unbranched alkanes of at least 4 members (excludes halogenated alkanes) is 3. The minimum absolute atomic E-state index is 0.0301. The van der Waals surface area contributed by atoms with Crippen molar-refractivity contribution >= 4 is 21.4 Å². The number of nitrogens with two attached hydrogens (primary N) is 1. The molecule has 0 spiro atoms. The van der Waals surface area contributed by atoms with Gasteiger partial charge >= 0.3 is 0 Å². The molecule has 0 aliphatic heterocycles. The molecule has 0 saturated carbocycles. The van der Waals surface area contributed by atoms with Gasteiger partial charge in [0.05, 0.1) is 4.90 Å². The Kier molecular flexibility index (Phi) is 7.15. The van der Waals surface area contributed by atoms with Crippen LogP contribution in [-0.2, 0) is 16.6 Å². The Morgan fingerprint density at radius 3 is 2.60 bits per heavy atom. The third-order valence-electron chi connectivity index (χ3n) is 3.26. The summed E-state index contributed by atoms with van der Waals surface area (Å²) in [5.74, 6) is 0. The lowest BCUT2D eigenvalue weighted by atomic mass is 10.1. The van der Waals surface area contributed by atoms with Crippen LogP contribution in [0.25, 0.3) is 0 Å². The van der Waals surface area contributed by atoms with E-state index in [0.717, 1.165) is 29.0 Å². The number of hydrogen-bond acceptors (Lipinski definition) is 4. The Bertz CT molecular complexity index is 509. The zero-order valence-corrected chi connectivity index (χ0v) is 14.2. The molecule has 0 aliphatic carbocycles. The molecular formula is C14H26N2O2S2. The molecule has 3 N–H and O–H groups in total. The molecule has 0 saturated heterocycles. The van der Waals surface area contributed by atoms with Crippen molar-refractivity contribution in [1.82, 2.24) is 4.72 Å². The normalized spacial score (nSPS) is 13.6. The predicted octanol–water partition coefficient (Wildman–Crippen LogP) is 3.15. The summed E-state index contributed by atoms with van der Waals surface area (Å²) in [6, 6.07) is 1.66. The first kappa shape index (κ1) is 17.6. The predicted molar refractivity (Wildman–Crippen MR) is 85.5 cm³/mol. The number of nitrogens with one attached hydrogen (secondary N) is 1. The number of sulfonamides is 1. The molecule has 1 aromatic rings. The molecule has 1 rings (SSSR count). The Morgan fingerprint density at radius 1 is 1.35 bits per heavy atom. The smallest absolute Gasteiger partial charge is 0.241 e. The molecule has 0 aliphatic rings. The van der Waals surface area contributed by atoms with E-state index in [-0.39, 0.29) is 6.04 Å². The topological polar surface area (TPSA) is 72.2 Å². The first-order valence-corrected chi connectivity index (χ1v) is 9.52. The maximum absolute atomic E-state index is 12.3. The average molecular weight is 319 g/mol. The van der Waals surface area contributed by atoms with Crippen molar-refractivity contribution in [1.29, 1.82) is 0 Å². The summed E-state index contributed by atoms with van der Waals surface area (Å²) in [7, 11) is -3.42. The van der Waals surface area contributed by atoms with Crippen LogP contribution in [0.3, 0.4) is 0 Å². The van der Waals surface area contributed by atoms with Gasteiger partial charge in [0.15, 0.2) is 0 Å². The lowest BCUT2D eigenvalue weighted by molar-refractivity contribution is 0.522. The second kappa shape index (κ2) is 8.12. The molecular weight excluding hydrogens is 292 g/mol. The van der Waals surface area contributed by atoms with Crippen molar-refractivity contribution < 1.29 is 8.42 Å². The fourth-order valence-corrected chi connectivity index (χ4v) is 4.95. The van der Waals surface area contributed by atoms with Gasteiger partial charge in [0.2, 0.25) is 10.0 Å². The lowest BCUT2D eigenvalue weighted by Gasteiger charge is -2.13. The van der Waals surface area contributed by atoms with Gasteiger partial charge in [-0.2, -0.15) is 0 Å². The van der Waals surface area contributed by atoms with Gasteiger partial charge in [-0.05, 0) is 26.3 Å². The van der Waals surface area contributed by atoms with Gasteiger partial charge in [-0.15, -0.1) is 11.3 Å². The maximum atomic E-state index is 12.3. The van der Waals surface area contributed by atoms with E-state index >= 15 is 0 Å². The van der Waals surface area contributed by atoms with Crippen LogP contribution in [0, 0.1) is 6.92 Å². The van der Waals surface area contributed by atoms with Crippen LogP contribution in [0.15, 0.2) is 11.0 Å². The lowest BCUT2D eigenvalue weighted by Crippen LogP contribution is -2.32. The third kappa shape index (κ3) is 5.16. The first-order chi connectivity index (χ1) is 9.40. The summed E-state index contributed by atoms with van der Waals surface area (Å²) in [5, 5.41) is 0. The van der Waals surface area contributed by atoms with Crippen molar-refractivity contribution in [2.45, 2.75) is 70.4 Å². The van der Waals surface area contributed by atoms with E-state index in [1.165, 1.54) is 24.2 Å². The Hall–Kier alpha value is -0.430. The number of thiophene rings is 1. The fourth-order valence-electron chi connectivity index (χ4n) is 2.16. The highest BCUT2D eigenvalue weighted by molar-refractivity contribution is 7.89. The van der Waals surface area contributed by atoms with Crippen molar-refractivity contribution in [3.63, 3.8) is 0 Å². The molecule has 0 amide bonds. The number of aryl methyl sites for hydroxylation is 1. The highest BCUT2D eigenvalue weighted by atomic mass is 32.2. The second-order valence-electron chi connectivity index (χ2n) is 5.21. The summed E-state index contributed by atoms with van der Waals surface area (Å²) < 4.78 is 27.4. The van der Waals surface area contributed by atoms with Crippen LogP contribution < -0.4 is 10.5 Å². The Balaban J connectivity index is 2.62. The summed E-state index contributed by atoms with van der Waals surface area (Å²) >= 11 is 1.45. The van der Waals surface area contributed by atoms with Gasteiger partial charge in [-0.1, -0.05) is 32.6 Å². The van der Waals surface area contributed by atoms with Gasteiger partial charge in [0, 0.05) is 22.3 Å². The molecule has 0 aromatic carbocycles.